The largest absolute Gasteiger partial charge is 0.463 e. The number of hydrogen-bond donors (Lipinski definition) is 1. The Morgan fingerprint density at radius 2 is 1.71 bits per heavy atom. The molecule has 1 N–H and O–H groups in total. The molecule has 0 fully saturated rings. The van der Waals surface area contributed by atoms with E-state index in [0.717, 1.165) is 22.8 Å². The number of rotatable bonds is 3. The van der Waals surface area contributed by atoms with E-state index in [1.165, 1.54) is 11.1 Å². The van der Waals surface area contributed by atoms with E-state index in [2.05, 4.69) is 47.3 Å². The van der Waals surface area contributed by atoms with Crippen molar-refractivity contribution in [3.8, 4) is 11.5 Å². The van der Waals surface area contributed by atoms with E-state index in [1.807, 2.05) is 25.1 Å². The SMILES string of the molecule is Cc1cc(C)cc(Nc2nc(C)cc(-c3ccco3)n2)c1. The number of nitrogens with one attached hydrogen (secondary N) is 1. The lowest BCUT2D eigenvalue weighted by molar-refractivity contribution is 0.580. The topological polar surface area (TPSA) is 51.0 Å². The summed E-state index contributed by atoms with van der Waals surface area (Å²) in [7, 11) is 0. The molecule has 0 saturated carbocycles. The zero-order chi connectivity index (χ0) is 14.8. The Morgan fingerprint density at radius 1 is 0.952 bits per heavy atom. The summed E-state index contributed by atoms with van der Waals surface area (Å²) in [5, 5.41) is 3.26. The summed E-state index contributed by atoms with van der Waals surface area (Å²) in [4.78, 5) is 8.95. The van der Waals surface area contributed by atoms with Gasteiger partial charge in [-0.3, -0.25) is 0 Å². The Morgan fingerprint density at radius 3 is 2.38 bits per heavy atom. The van der Waals surface area contributed by atoms with Crippen LogP contribution in [0.25, 0.3) is 11.5 Å². The van der Waals surface area contributed by atoms with Gasteiger partial charge >= 0.3 is 0 Å². The zero-order valence-electron chi connectivity index (χ0n) is 12.3. The number of benzene rings is 1. The lowest BCUT2D eigenvalue weighted by atomic mass is 10.1. The number of aromatic nitrogens is 2. The van der Waals surface area contributed by atoms with Crippen molar-refractivity contribution in [3.05, 3.63) is 59.5 Å². The average molecular weight is 279 g/mol. The third-order valence-corrected chi connectivity index (χ3v) is 3.11. The van der Waals surface area contributed by atoms with E-state index in [1.54, 1.807) is 6.26 Å². The lowest BCUT2D eigenvalue weighted by Crippen LogP contribution is -2.00. The first-order chi connectivity index (χ1) is 10.1. The molecule has 2 aromatic heterocycles. The van der Waals surface area contributed by atoms with Crippen molar-refractivity contribution in [3.63, 3.8) is 0 Å². The minimum Gasteiger partial charge on any atom is -0.463 e. The first-order valence-corrected chi connectivity index (χ1v) is 6.85. The standard InChI is InChI=1S/C17H17N3O/c1-11-7-12(2)9-14(8-11)19-17-18-13(3)10-15(20-17)16-5-4-6-21-16/h4-10H,1-3H3,(H,18,19,20). The van der Waals surface area contributed by atoms with Crippen LogP contribution in [0, 0.1) is 20.8 Å². The molecule has 0 aliphatic heterocycles. The zero-order valence-corrected chi connectivity index (χ0v) is 12.3. The molecule has 0 aliphatic carbocycles. The second kappa shape index (κ2) is 5.40. The van der Waals surface area contributed by atoms with Gasteiger partial charge in [-0.05, 0) is 62.2 Å². The molecule has 3 aromatic rings. The van der Waals surface area contributed by atoms with E-state index >= 15 is 0 Å². The number of aryl methyl sites for hydroxylation is 3. The highest BCUT2D eigenvalue weighted by Gasteiger charge is 2.07. The molecule has 0 aliphatic rings. The fourth-order valence-electron chi connectivity index (χ4n) is 2.35. The third-order valence-electron chi connectivity index (χ3n) is 3.11. The predicted octanol–water partition coefficient (Wildman–Crippen LogP) is 4.41. The van der Waals surface area contributed by atoms with Gasteiger partial charge in [0.15, 0.2) is 5.76 Å². The number of nitrogens with zero attached hydrogens (tertiary/aromatic N) is 2. The maximum atomic E-state index is 5.40. The number of hydrogen-bond acceptors (Lipinski definition) is 4. The summed E-state index contributed by atoms with van der Waals surface area (Å²) in [6.45, 7) is 6.09. The fourth-order valence-corrected chi connectivity index (χ4v) is 2.35. The molecule has 0 bridgehead atoms. The van der Waals surface area contributed by atoms with Gasteiger partial charge in [-0.25, -0.2) is 9.97 Å². The van der Waals surface area contributed by atoms with Crippen LogP contribution < -0.4 is 5.32 Å². The molecule has 4 heteroatoms. The van der Waals surface area contributed by atoms with Crippen LogP contribution in [-0.4, -0.2) is 9.97 Å². The number of anilines is 2. The Balaban J connectivity index is 1.95. The molecule has 21 heavy (non-hydrogen) atoms. The predicted molar refractivity (Wildman–Crippen MR) is 83.7 cm³/mol. The van der Waals surface area contributed by atoms with Gasteiger partial charge in [0.1, 0.15) is 5.69 Å². The molecular weight excluding hydrogens is 262 g/mol. The van der Waals surface area contributed by atoms with E-state index in [0.29, 0.717) is 5.95 Å². The van der Waals surface area contributed by atoms with Gasteiger partial charge < -0.3 is 9.73 Å². The Kier molecular flexibility index (Phi) is 3.44. The second-order valence-electron chi connectivity index (χ2n) is 5.20. The van der Waals surface area contributed by atoms with E-state index < -0.39 is 0 Å². The normalized spacial score (nSPS) is 10.6. The van der Waals surface area contributed by atoms with Gasteiger partial charge in [0, 0.05) is 11.4 Å². The fraction of sp³-hybridized carbons (Fsp3) is 0.176. The van der Waals surface area contributed by atoms with Crippen LogP contribution in [0.4, 0.5) is 11.6 Å². The first-order valence-electron chi connectivity index (χ1n) is 6.85. The van der Waals surface area contributed by atoms with Gasteiger partial charge in [-0.1, -0.05) is 6.07 Å². The maximum absolute atomic E-state index is 5.40. The maximum Gasteiger partial charge on any atom is 0.228 e. The van der Waals surface area contributed by atoms with Gasteiger partial charge in [0.05, 0.1) is 6.26 Å². The minimum atomic E-state index is 0.575. The number of furan rings is 1. The van der Waals surface area contributed by atoms with Crippen molar-refractivity contribution < 1.29 is 4.42 Å². The average Bonchev–Trinajstić information content (AvgIpc) is 2.90. The molecule has 1 aromatic carbocycles. The highest BCUT2D eigenvalue weighted by atomic mass is 16.3. The van der Waals surface area contributed by atoms with Crippen LogP contribution in [0.5, 0.6) is 0 Å². The first kappa shape index (κ1) is 13.4. The molecule has 0 unspecified atom stereocenters. The summed E-state index contributed by atoms with van der Waals surface area (Å²) >= 11 is 0. The summed E-state index contributed by atoms with van der Waals surface area (Å²) < 4.78 is 5.40. The van der Waals surface area contributed by atoms with Gasteiger partial charge in [0.2, 0.25) is 5.95 Å². The molecule has 0 amide bonds. The van der Waals surface area contributed by atoms with Gasteiger partial charge in [0.25, 0.3) is 0 Å². The lowest BCUT2D eigenvalue weighted by Gasteiger charge is -2.09. The molecule has 3 rings (SSSR count). The van der Waals surface area contributed by atoms with Crippen molar-refractivity contribution in [1.29, 1.82) is 0 Å². The van der Waals surface area contributed by atoms with Crippen molar-refractivity contribution in [2.24, 2.45) is 0 Å². The minimum absolute atomic E-state index is 0.575. The highest BCUT2D eigenvalue weighted by molar-refractivity contribution is 5.60. The van der Waals surface area contributed by atoms with Crippen molar-refractivity contribution in [1.82, 2.24) is 9.97 Å². The van der Waals surface area contributed by atoms with Crippen LogP contribution in [0.1, 0.15) is 16.8 Å². The summed E-state index contributed by atoms with van der Waals surface area (Å²) in [6, 6.07) is 11.9. The van der Waals surface area contributed by atoms with Crippen molar-refractivity contribution in [2.75, 3.05) is 5.32 Å². The Labute approximate surface area is 123 Å². The van der Waals surface area contributed by atoms with E-state index in [9.17, 15) is 0 Å². The van der Waals surface area contributed by atoms with Crippen molar-refractivity contribution >= 4 is 11.6 Å². The monoisotopic (exact) mass is 279 g/mol. The molecule has 4 nitrogen and oxygen atoms in total. The summed E-state index contributed by atoms with van der Waals surface area (Å²) in [6.07, 6.45) is 1.64. The molecule has 106 valence electrons. The highest BCUT2D eigenvalue weighted by Crippen LogP contribution is 2.22. The molecule has 2 heterocycles. The molecule has 0 atom stereocenters. The molecule has 0 radical (unpaired) electrons. The molecular formula is C17H17N3O. The van der Waals surface area contributed by atoms with E-state index in [-0.39, 0.29) is 0 Å². The van der Waals surface area contributed by atoms with Crippen LogP contribution in [0.15, 0.2) is 47.1 Å². The third kappa shape index (κ3) is 3.11. The van der Waals surface area contributed by atoms with Crippen LogP contribution in [0.2, 0.25) is 0 Å². The summed E-state index contributed by atoms with van der Waals surface area (Å²) in [5.41, 5.74) is 5.07. The van der Waals surface area contributed by atoms with Gasteiger partial charge in [-0.2, -0.15) is 0 Å². The molecule has 0 saturated heterocycles. The molecule has 0 spiro atoms. The van der Waals surface area contributed by atoms with Crippen LogP contribution in [-0.2, 0) is 0 Å². The van der Waals surface area contributed by atoms with Crippen LogP contribution >= 0.6 is 0 Å². The van der Waals surface area contributed by atoms with Crippen molar-refractivity contribution in [2.45, 2.75) is 20.8 Å². The summed E-state index contributed by atoms with van der Waals surface area (Å²) in [5.74, 6) is 1.32. The quantitative estimate of drug-likeness (QED) is 0.771. The second-order valence-corrected chi connectivity index (χ2v) is 5.20. The Bertz CT molecular complexity index is 743. The van der Waals surface area contributed by atoms with Crippen LogP contribution in [0.3, 0.4) is 0 Å². The van der Waals surface area contributed by atoms with Gasteiger partial charge in [-0.15, -0.1) is 0 Å². The van der Waals surface area contributed by atoms with E-state index in [4.69, 9.17) is 4.42 Å². The Hall–Kier alpha value is -2.62. The smallest absolute Gasteiger partial charge is 0.228 e.